The molecule has 1 aromatic carbocycles. The summed E-state index contributed by atoms with van der Waals surface area (Å²) in [5.74, 6) is 1.01. The lowest BCUT2D eigenvalue weighted by Crippen LogP contribution is -2.43. The average molecular weight is 248 g/mol. The summed E-state index contributed by atoms with van der Waals surface area (Å²) in [4.78, 5) is 16.2. The Morgan fingerprint density at radius 3 is 2.78 bits per heavy atom. The molecule has 0 radical (unpaired) electrons. The molecule has 0 aromatic heterocycles. The monoisotopic (exact) mass is 248 g/mol. The van der Waals surface area contributed by atoms with Gasteiger partial charge < -0.3 is 9.64 Å². The van der Waals surface area contributed by atoms with Gasteiger partial charge in [0.25, 0.3) is 0 Å². The van der Waals surface area contributed by atoms with Gasteiger partial charge >= 0.3 is 0 Å². The molecule has 0 N–H and O–H groups in total. The SMILES string of the molecule is COc1ccc2c(c1)CCN2C(=O)[C@H](C)N(C)C. The summed E-state index contributed by atoms with van der Waals surface area (Å²) in [5, 5.41) is 0. The van der Waals surface area contributed by atoms with Crippen LogP contribution in [-0.2, 0) is 11.2 Å². The van der Waals surface area contributed by atoms with E-state index in [1.807, 2.05) is 49.0 Å². The number of likely N-dealkylation sites (N-methyl/N-ethyl adjacent to an activating group) is 1. The lowest BCUT2D eigenvalue weighted by Gasteiger charge is -2.25. The molecule has 0 bridgehead atoms. The van der Waals surface area contributed by atoms with E-state index in [0.717, 1.165) is 24.4 Å². The first-order valence-corrected chi connectivity index (χ1v) is 6.19. The fourth-order valence-corrected chi connectivity index (χ4v) is 2.18. The van der Waals surface area contributed by atoms with Crippen molar-refractivity contribution in [2.75, 3.05) is 32.6 Å². The van der Waals surface area contributed by atoms with Gasteiger partial charge in [0.05, 0.1) is 13.2 Å². The minimum atomic E-state index is -0.0990. The molecule has 4 heteroatoms. The number of methoxy groups -OCH3 is 1. The molecule has 0 unspecified atom stereocenters. The number of carbonyl (C=O) groups is 1. The standard InChI is InChI=1S/C14H20N2O2/c1-10(15(2)3)14(17)16-8-7-11-9-12(18-4)5-6-13(11)16/h5-6,9-10H,7-8H2,1-4H3/t10-/m0/s1. The van der Waals surface area contributed by atoms with Crippen LogP contribution < -0.4 is 9.64 Å². The van der Waals surface area contributed by atoms with Gasteiger partial charge in [-0.05, 0) is 51.2 Å². The number of hydrogen-bond donors (Lipinski definition) is 0. The van der Waals surface area contributed by atoms with Crippen LogP contribution in [0.1, 0.15) is 12.5 Å². The maximum absolute atomic E-state index is 12.4. The van der Waals surface area contributed by atoms with E-state index in [9.17, 15) is 4.79 Å². The maximum atomic E-state index is 12.4. The van der Waals surface area contributed by atoms with Gasteiger partial charge in [-0.1, -0.05) is 0 Å². The first kappa shape index (κ1) is 12.9. The number of amides is 1. The molecule has 0 saturated carbocycles. The fraction of sp³-hybridized carbons (Fsp3) is 0.500. The molecule has 0 saturated heterocycles. The number of carbonyl (C=O) groups excluding carboxylic acids is 1. The topological polar surface area (TPSA) is 32.8 Å². The molecule has 1 aliphatic heterocycles. The quantitative estimate of drug-likeness (QED) is 0.813. The number of ether oxygens (including phenoxy) is 1. The Morgan fingerprint density at radius 1 is 1.44 bits per heavy atom. The van der Waals surface area contributed by atoms with Gasteiger partial charge in [0.2, 0.25) is 5.91 Å². The van der Waals surface area contributed by atoms with Crippen LogP contribution in [0, 0.1) is 0 Å². The van der Waals surface area contributed by atoms with Crippen LogP contribution in [-0.4, -0.2) is 44.6 Å². The lowest BCUT2D eigenvalue weighted by atomic mass is 10.1. The van der Waals surface area contributed by atoms with Crippen molar-refractivity contribution < 1.29 is 9.53 Å². The van der Waals surface area contributed by atoms with Gasteiger partial charge in [-0.3, -0.25) is 9.69 Å². The van der Waals surface area contributed by atoms with Gasteiger partial charge in [-0.15, -0.1) is 0 Å². The van der Waals surface area contributed by atoms with Crippen LogP contribution >= 0.6 is 0 Å². The molecule has 18 heavy (non-hydrogen) atoms. The number of anilines is 1. The summed E-state index contributed by atoms with van der Waals surface area (Å²) in [6.45, 7) is 2.70. The van der Waals surface area contributed by atoms with E-state index < -0.39 is 0 Å². The normalized spacial score (nSPS) is 15.7. The number of rotatable bonds is 3. The van der Waals surface area contributed by atoms with E-state index in [-0.39, 0.29) is 11.9 Å². The fourth-order valence-electron chi connectivity index (χ4n) is 2.18. The summed E-state index contributed by atoms with van der Waals surface area (Å²) >= 11 is 0. The smallest absolute Gasteiger partial charge is 0.244 e. The Hall–Kier alpha value is -1.55. The van der Waals surface area contributed by atoms with Gasteiger partial charge in [-0.25, -0.2) is 0 Å². The van der Waals surface area contributed by atoms with Crippen molar-refractivity contribution in [3.8, 4) is 5.75 Å². The minimum absolute atomic E-state index is 0.0990. The van der Waals surface area contributed by atoms with Crippen LogP contribution in [0.3, 0.4) is 0 Å². The van der Waals surface area contributed by atoms with Crippen LogP contribution in [0.4, 0.5) is 5.69 Å². The predicted octanol–water partition coefficient (Wildman–Crippen LogP) is 1.53. The van der Waals surface area contributed by atoms with E-state index in [1.54, 1.807) is 7.11 Å². The van der Waals surface area contributed by atoms with E-state index in [0.29, 0.717) is 0 Å². The van der Waals surface area contributed by atoms with Crippen molar-refractivity contribution in [2.24, 2.45) is 0 Å². The summed E-state index contributed by atoms with van der Waals surface area (Å²) in [6.07, 6.45) is 0.901. The van der Waals surface area contributed by atoms with E-state index >= 15 is 0 Å². The third-order valence-corrected chi connectivity index (χ3v) is 3.58. The van der Waals surface area contributed by atoms with Gasteiger partial charge in [0, 0.05) is 12.2 Å². The summed E-state index contributed by atoms with van der Waals surface area (Å²) < 4.78 is 5.21. The zero-order chi connectivity index (χ0) is 13.3. The molecule has 0 spiro atoms. The maximum Gasteiger partial charge on any atom is 0.244 e. The second kappa shape index (κ2) is 4.98. The molecule has 1 aliphatic rings. The average Bonchev–Trinajstić information content (AvgIpc) is 2.79. The molecule has 1 atom stereocenters. The zero-order valence-corrected chi connectivity index (χ0v) is 11.4. The Kier molecular flexibility index (Phi) is 3.57. The Labute approximate surface area is 108 Å². The molecule has 0 fully saturated rings. The molecule has 1 heterocycles. The molecule has 4 nitrogen and oxygen atoms in total. The number of nitrogens with zero attached hydrogens (tertiary/aromatic N) is 2. The summed E-state index contributed by atoms with van der Waals surface area (Å²) in [5.41, 5.74) is 2.21. The third-order valence-electron chi connectivity index (χ3n) is 3.58. The van der Waals surface area contributed by atoms with Gasteiger partial charge in [0.15, 0.2) is 0 Å². The van der Waals surface area contributed by atoms with Crippen molar-refractivity contribution in [3.63, 3.8) is 0 Å². The minimum Gasteiger partial charge on any atom is -0.497 e. The highest BCUT2D eigenvalue weighted by Gasteiger charge is 2.28. The second-order valence-corrected chi connectivity index (χ2v) is 4.87. The molecule has 0 aliphatic carbocycles. The number of fused-ring (bicyclic) bond motifs is 1. The predicted molar refractivity (Wildman–Crippen MR) is 72.2 cm³/mol. The Bertz CT molecular complexity index is 457. The van der Waals surface area contributed by atoms with Crippen LogP contribution in [0.15, 0.2) is 18.2 Å². The van der Waals surface area contributed by atoms with Crippen LogP contribution in [0.2, 0.25) is 0 Å². The number of hydrogen-bond acceptors (Lipinski definition) is 3. The Balaban J connectivity index is 2.24. The number of benzene rings is 1. The van der Waals surface area contributed by atoms with Crippen molar-refractivity contribution >= 4 is 11.6 Å². The Morgan fingerprint density at radius 2 is 2.17 bits per heavy atom. The highest BCUT2D eigenvalue weighted by atomic mass is 16.5. The molecule has 2 rings (SSSR count). The van der Waals surface area contributed by atoms with E-state index in [1.165, 1.54) is 5.56 Å². The first-order chi connectivity index (χ1) is 8.54. The lowest BCUT2D eigenvalue weighted by molar-refractivity contribution is -0.122. The first-order valence-electron chi connectivity index (χ1n) is 6.19. The third kappa shape index (κ3) is 2.20. The summed E-state index contributed by atoms with van der Waals surface area (Å²) in [7, 11) is 5.51. The van der Waals surface area contributed by atoms with Crippen molar-refractivity contribution in [1.82, 2.24) is 4.90 Å². The van der Waals surface area contributed by atoms with Crippen molar-refractivity contribution in [1.29, 1.82) is 0 Å². The molecule has 1 aromatic rings. The molecular weight excluding hydrogens is 228 g/mol. The molecule has 98 valence electrons. The van der Waals surface area contributed by atoms with E-state index in [2.05, 4.69) is 0 Å². The highest BCUT2D eigenvalue weighted by Crippen LogP contribution is 2.31. The van der Waals surface area contributed by atoms with Crippen molar-refractivity contribution in [2.45, 2.75) is 19.4 Å². The highest BCUT2D eigenvalue weighted by molar-refractivity contribution is 5.98. The van der Waals surface area contributed by atoms with Crippen LogP contribution in [0.5, 0.6) is 5.75 Å². The van der Waals surface area contributed by atoms with Crippen molar-refractivity contribution in [3.05, 3.63) is 23.8 Å². The zero-order valence-electron chi connectivity index (χ0n) is 11.4. The molecular formula is C14H20N2O2. The molecule has 1 amide bonds. The van der Waals surface area contributed by atoms with Gasteiger partial charge in [0.1, 0.15) is 5.75 Å². The van der Waals surface area contributed by atoms with Gasteiger partial charge in [-0.2, -0.15) is 0 Å². The summed E-state index contributed by atoms with van der Waals surface area (Å²) in [6, 6.07) is 5.80. The van der Waals surface area contributed by atoms with E-state index in [4.69, 9.17) is 4.74 Å². The van der Waals surface area contributed by atoms with Crippen LogP contribution in [0.25, 0.3) is 0 Å². The largest absolute Gasteiger partial charge is 0.497 e. The second-order valence-electron chi connectivity index (χ2n) is 4.87.